The Bertz CT molecular complexity index is 1840. The molecule has 0 fully saturated rings. The van der Waals surface area contributed by atoms with Crippen molar-refractivity contribution in [2.45, 2.75) is 33.0 Å². The van der Waals surface area contributed by atoms with Crippen LogP contribution < -0.4 is 16.1 Å². The summed E-state index contributed by atoms with van der Waals surface area (Å²) in [6, 6.07) is 2.18. The number of halogens is 3. The monoisotopic (exact) mass is 670 g/mol. The van der Waals surface area contributed by atoms with Crippen LogP contribution >= 0.6 is 19.2 Å². The first-order valence-electron chi connectivity index (χ1n) is 13.2. The predicted octanol–water partition coefficient (Wildman–Crippen LogP) is 4.42. The second-order valence-electron chi connectivity index (χ2n) is 9.20. The molecule has 4 aromatic rings. The van der Waals surface area contributed by atoms with E-state index in [4.69, 9.17) is 14.5 Å². The number of carbonyl (C=O) groups excluding carboxylic acids is 2. The molecule has 0 bridgehead atoms. The van der Waals surface area contributed by atoms with Crippen LogP contribution in [0.15, 0.2) is 40.9 Å². The van der Waals surface area contributed by atoms with Crippen LogP contribution in [-0.4, -0.2) is 61.1 Å². The van der Waals surface area contributed by atoms with Gasteiger partial charge in [-0.1, -0.05) is 0 Å². The minimum Gasteiger partial charge on any atom is -0.462 e. The molecule has 240 valence electrons. The largest absolute Gasteiger partial charge is 0.469 e. The van der Waals surface area contributed by atoms with Gasteiger partial charge in [0.2, 0.25) is 5.43 Å². The summed E-state index contributed by atoms with van der Waals surface area (Å²) in [5, 5.41) is 5.84. The highest BCUT2D eigenvalue weighted by Crippen LogP contribution is 2.39. The number of ether oxygens (including phenoxy) is 1. The average molecular weight is 671 g/mol. The fourth-order valence-electron chi connectivity index (χ4n) is 4.07. The molecule has 4 N–H and O–H groups in total. The van der Waals surface area contributed by atoms with Gasteiger partial charge in [0.05, 0.1) is 18.6 Å². The van der Waals surface area contributed by atoms with E-state index in [1.165, 1.54) is 35.3 Å². The van der Waals surface area contributed by atoms with E-state index in [-0.39, 0.29) is 63.7 Å². The van der Waals surface area contributed by atoms with Crippen LogP contribution in [0.25, 0.3) is 32.7 Å². The Balaban J connectivity index is 1.76. The van der Waals surface area contributed by atoms with E-state index in [1.807, 2.05) is 0 Å². The third-order valence-electron chi connectivity index (χ3n) is 6.07. The van der Waals surface area contributed by atoms with Crippen LogP contribution in [-0.2, 0) is 26.5 Å². The lowest BCUT2D eigenvalue weighted by atomic mass is 10.0. The molecule has 19 heteroatoms. The number of nitrogens with zero attached hydrogens (tertiary/aromatic N) is 4. The fourth-order valence-corrected chi connectivity index (χ4v) is 5.30. The minimum atomic E-state index is -4.70. The number of amides is 2. The molecule has 0 saturated carbocycles. The molecular formula is C26H26F3N6O8PS. The van der Waals surface area contributed by atoms with E-state index in [9.17, 15) is 32.1 Å². The lowest BCUT2D eigenvalue weighted by Crippen LogP contribution is -2.28. The lowest BCUT2D eigenvalue weighted by Gasteiger charge is -2.14. The molecule has 4 aromatic heterocycles. The highest BCUT2D eigenvalue weighted by molar-refractivity contribution is 7.46. The van der Waals surface area contributed by atoms with Crippen LogP contribution in [0, 0.1) is 0 Å². The van der Waals surface area contributed by atoms with Crippen molar-refractivity contribution < 1.29 is 46.4 Å². The maximum atomic E-state index is 13.5. The number of phosphoric ester groups is 1. The summed E-state index contributed by atoms with van der Waals surface area (Å²) < 4.78 is 61.9. The van der Waals surface area contributed by atoms with E-state index < -0.39 is 37.1 Å². The first-order valence-corrected chi connectivity index (χ1v) is 15.6. The summed E-state index contributed by atoms with van der Waals surface area (Å²) in [4.78, 5) is 68.1. The smallest absolute Gasteiger partial charge is 0.462 e. The number of phosphoric acid groups is 1. The number of anilines is 1. The Morgan fingerprint density at radius 2 is 1.87 bits per heavy atom. The van der Waals surface area contributed by atoms with Gasteiger partial charge in [-0.3, -0.25) is 14.6 Å². The van der Waals surface area contributed by atoms with Crippen molar-refractivity contribution >= 4 is 48.0 Å². The Morgan fingerprint density at radius 3 is 2.51 bits per heavy atom. The van der Waals surface area contributed by atoms with Crippen molar-refractivity contribution in [1.82, 2.24) is 24.8 Å². The Hall–Kier alpha value is -4.22. The molecule has 4 rings (SSSR count). The number of aryl methyl sites for hydroxylation is 1. The van der Waals surface area contributed by atoms with Crippen molar-refractivity contribution in [1.29, 1.82) is 0 Å². The van der Waals surface area contributed by atoms with Crippen molar-refractivity contribution in [3.05, 3.63) is 57.6 Å². The number of urea groups is 1. The molecule has 4 heterocycles. The molecule has 0 unspecified atom stereocenters. The van der Waals surface area contributed by atoms with Crippen LogP contribution in [0.1, 0.15) is 36.3 Å². The molecule has 45 heavy (non-hydrogen) atoms. The summed E-state index contributed by atoms with van der Waals surface area (Å²) in [5.41, 5.74) is -1.29. The number of esters is 1. The molecule has 0 saturated heterocycles. The molecule has 0 aromatic carbocycles. The third-order valence-corrected chi connectivity index (χ3v) is 7.47. The number of aromatic nitrogens is 4. The zero-order valence-corrected chi connectivity index (χ0v) is 25.3. The summed E-state index contributed by atoms with van der Waals surface area (Å²) in [5.74, 6) is -0.960. The second-order valence-corrected chi connectivity index (χ2v) is 11.3. The van der Waals surface area contributed by atoms with Gasteiger partial charge in [0.1, 0.15) is 22.0 Å². The topological polar surface area (TPSA) is 195 Å². The predicted molar refractivity (Wildman–Crippen MR) is 157 cm³/mol. The molecule has 0 radical (unpaired) electrons. The molecule has 2 amide bonds. The number of hydrogen-bond acceptors (Lipinski definition) is 10. The van der Waals surface area contributed by atoms with E-state index >= 15 is 0 Å². The number of fused-ring (bicyclic) bond motifs is 1. The normalized spacial score (nSPS) is 11.9. The quantitative estimate of drug-likeness (QED) is 0.100. The molecule has 14 nitrogen and oxygen atoms in total. The number of hydrogen-bond donors (Lipinski definition) is 4. The molecule has 0 spiro atoms. The van der Waals surface area contributed by atoms with Crippen LogP contribution in [0.2, 0.25) is 0 Å². The number of pyridine rings is 3. The number of nitrogens with one attached hydrogen (secondary N) is 2. The lowest BCUT2D eigenvalue weighted by molar-refractivity contribution is -0.140. The van der Waals surface area contributed by atoms with Crippen molar-refractivity contribution in [2.24, 2.45) is 0 Å². The van der Waals surface area contributed by atoms with Gasteiger partial charge in [0.25, 0.3) is 0 Å². The summed E-state index contributed by atoms with van der Waals surface area (Å²) in [6.07, 6.45) is -0.787. The standard InChI is InChI=1S/C26H26F3N6O8PS/c1-3-30-25(38)34-20-9-15(23-33-19(13-45-23)26(27,28)29)17(11-31-20)14-8-16-21(36)18(12-35(4-2)22(16)32-10-14)24(37)42-6-5-7-43-44(39,40)41/h8-13H,3-7H2,1-2H3,(H2,39,40,41)(H2,30,31,34,38). The number of alkyl halides is 3. The van der Waals surface area contributed by atoms with E-state index in [1.54, 1.807) is 13.8 Å². The van der Waals surface area contributed by atoms with Crippen LogP contribution in [0.4, 0.5) is 23.8 Å². The van der Waals surface area contributed by atoms with Gasteiger partial charge in [0, 0.05) is 60.2 Å². The highest BCUT2D eigenvalue weighted by Gasteiger charge is 2.34. The van der Waals surface area contributed by atoms with Gasteiger partial charge in [-0.05, 0) is 26.0 Å². The molecular weight excluding hydrogens is 644 g/mol. The summed E-state index contributed by atoms with van der Waals surface area (Å²) in [6.45, 7) is 3.38. The van der Waals surface area contributed by atoms with Crippen LogP contribution in [0.3, 0.4) is 0 Å². The van der Waals surface area contributed by atoms with Crippen molar-refractivity contribution in [2.75, 3.05) is 25.1 Å². The van der Waals surface area contributed by atoms with Gasteiger partial charge in [-0.2, -0.15) is 13.2 Å². The SMILES string of the molecule is CCNC(=O)Nc1cc(-c2nc(C(F)(F)F)cs2)c(-c2cnc3c(c2)c(=O)c(C(=O)OCCCOP(=O)(O)O)cn3CC)cn1. The summed E-state index contributed by atoms with van der Waals surface area (Å²) in [7, 11) is -4.69. The summed E-state index contributed by atoms with van der Waals surface area (Å²) >= 11 is 0.721. The van der Waals surface area contributed by atoms with Crippen molar-refractivity contribution in [3.8, 4) is 21.7 Å². The molecule has 0 aliphatic carbocycles. The first-order chi connectivity index (χ1) is 21.2. The molecule has 0 aliphatic rings. The molecule has 0 aliphatic heterocycles. The average Bonchev–Trinajstić information content (AvgIpc) is 3.48. The fraction of sp³-hybridized carbons (Fsp3) is 0.308. The van der Waals surface area contributed by atoms with Gasteiger partial charge in [-0.15, -0.1) is 11.3 Å². The number of rotatable bonds is 11. The van der Waals surface area contributed by atoms with Gasteiger partial charge < -0.3 is 24.4 Å². The van der Waals surface area contributed by atoms with Gasteiger partial charge in [0.15, 0.2) is 5.69 Å². The third kappa shape index (κ3) is 8.29. The highest BCUT2D eigenvalue weighted by atomic mass is 32.1. The van der Waals surface area contributed by atoms with E-state index in [0.717, 1.165) is 16.7 Å². The van der Waals surface area contributed by atoms with E-state index in [0.29, 0.717) is 13.1 Å². The minimum absolute atomic E-state index is 0.000715. The maximum Gasteiger partial charge on any atom is 0.469 e. The van der Waals surface area contributed by atoms with Gasteiger partial charge in [-0.25, -0.2) is 29.1 Å². The Kier molecular flexibility index (Phi) is 10.3. The second kappa shape index (κ2) is 13.8. The zero-order chi connectivity index (χ0) is 32.9. The van der Waals surface area contributed by atoms with E-state index in [2.05, 4.69) is 30.1 Å². The first kappa shape index (κ1) is 33.7. The molecule has 0 atom stereocenters. The maximum absolute atomic E-state index is 13.5. The number of carbonyl (C=O) groups is 2. The van der Waals surface area contributed by atoms with Gasteiger partial charge >= 0.3 is 26.0 Å². The number of thiazole rings is 1. The van der Waals surface area contributed by atoms with Crippen LogP contribution in [0.5, 0.6) is 0 Å². The zero-order valence-electron chi connectivity index (χ0n) is 23.6. The Morgan fingerprint density at radius 1 is 1.11 bits per heavy atom. The Labute approximate surface area is 256 Å². The van der Waals surface area contributed by atoms with Crippen molar-refractivity contribution in [3.63, 3.8) is 0 Å².